The average molecular weight is 392 g/mol. The van der Waals surface area contributed by atoms with E-state index in [4.69, 9.17) is 5.11 Å². The zero-order valence-corrected chi connectivity index (χ0v) is 13.8. The van der Waals surface area contributed by atoms with Crippen LogP contribution in [0.3, 0.4) is 0 Å². The van der Waals surface area contributed by atoms with Crippen molar-refractivity contribution in [1.29, 1.82) is 0 Å². The Morgan fingerprint density at radius 1 is 1.00 bits per heavy atom. The minimum atomic E-state index is -4.79. The quantitative estimate of drug-likeness (QED) is 0.681. The fourth-order valence-corrected chi connectivity index (χ4v) is 2.39. The first kappa shape index (κ1) is 20.4. The average Bonchev–Trinajstić information content (AvgIpc) is 2.53. The summed E-state index contributed by atoms with van der Waals surface area (Å²) in [5.41, 5.74) is -2.01. The number of anilines is 2. The lowest BCUT2D eigenvalue weighted by atomic mass is 10.1. The molecule has 1 amide bonds. The molecule has 0 bridgehead atoms. The van der Waals surface area contributed by atoms with E-state index in [1.165, 1.54) is 30.1 Å². The summed E-state index contributed by atoms with van der Waals surface area (Å²) in [7, 11) is 1.47. The summed E-state index contributed by atoms with van der Waals surface area (Å²) in [6.45, 7) is 0.0567. The molecule has 0 spiro atoms. The van der Waals surface area contributed by atoms with Gasteiger partial charge in [0.05, 0.1) is 16.8 Å². The molecule has 2 N–H and O–H groups in total. The van der Waals surface area contributed by atoms with Gasteiger partial charge in [-0.15, -0.1) is 0 Å². The standard InChI is InChI=1S/C17H14F6N2O2/c1-25(9-10-2-4-11(5-3-10)16(18,19)20)12-6-7-14(24-15(26)27)13(8-12)17(21,22)23/h2-8,24H,9H2,1H3,(H,26,27). The van der Waals surface area contributed by atoms with Crippen molar-refractivity contribution in [2.75, 3.05) is 17.3 Å². The van der Waals surface area contributed by atoms with E-state index in [1.54, 1.807) is 5.32 Å². The maximum Gasteiger partial charge on any atom is 0.418 e. The monoisotopic (exact) mass is 392 g/mol. The van der Waals surface area contributed by atoms with E-state index < -0.39 is 35.3 Å². The molecule has 0 aliphatic heterocycles. The van der Waals surface area contributed by atoms with Gasteiger partial charge in [-0.2, -0.15) is 26.3 Å². The lowest BCUT2D eigenvalue weighted by Crippen LogP contribution is -2.19. The molecule has 0 radical (unpaired) electrons. The van der Waals surface area contributed by atoms with E-state index >= 15 is 0 Å². The van der Waals surface area contributed by atoms with Crippen molar-refractivity contribution in [1.82, 2.24) is 0 Å². The lowest BCUT2D eigenvalue weighted by molar-refractivity contribution is -0.138. The summed E-state index contributed by atoms with van der Waals surface area (Å²) in [6.07, 6.45) is -10.9. The van der Waals surface area contributed by atoms with Crippen molar-refractivity contribution in [2.24, 2.45) is 0 Å². The Hall–Kier alpha value is -2.91. The van der Waals surface area contributed by atoms with Gasteiger partial charge in [0.2, 0.25) is 0 Å². The van der Waals surface area contributed by atoms with Gasteiger partial charge < -0.3 is 10.0 Å². The zero-order valence-electron chi connectivity index (χ0n) is 13.8. The van der Waals surface area contributed by atoms with E-state index in [0.717, 1.165) is 24.3 Å². The number of amides is 1. The summed E-state index contributed by atoms with van der Waals surface area (Å²) in [6, 6.07) is 7.30. The third kappa shape index (κ3) is 5.28. The van der Waals surface area contributed by atoms with Crippen LogP contribution >= 0.6 is 0 Å². The Morgan fingerprint density at radius 2 is 1.59 bits per heavy atom. The summed E-state index contributed by atoms with van der Waals surface area (Å²) >= 11 is 0. The van der Waals surface area contributed by atoms with Crippen LogP contribution in [0.1, 0.15) is 16.7 Å². The Bertz CT molecular complexity index is 816. The molecule has 2 aromatic rings. The maximum absolute atomic E-state index is 13.2. The van der Waals surface area contributed by atoms with Crippen molar-refractivity contribution >= 4 is 17.5 Å². The number of carbonyl (C=O) groups is 1. The SMILES string of the molecule is CN(Cc1ccc(C(F)(F)F)cc1)c1ccc(NC(=O)O)c(C(F)(F)F)c1. The van der Waals surface area contributed by atoms with Crippen LogP contribution in [0.25, 0.3) is 0 Å². The van der Waals surface area contributed by atoms with E-state index in [1.807, 2.05) is 0 Å². The van der Waals surface area contributed by atoms with Crippen molar-refractivity contribution in [3.63, 3.8) is 0 Å². The van der Waals surface area contributed by atoms with Gasteiger partial charge in [0.25, 0.3) is 0 Å². The number of benzene rings is 2. The predicted octanol–water partition coefficient (Wildman–Crippen LogP) is 5.45. The highest BCUT2D eigenvalue weighted by atomic mass is 19.4. The van der Waals surface area contributed by atoms with Gasteiger partial charge in [0.15, 0.2) is 0 Å². The fraction of sp³-hybridized carbons (Fsp3) is 0.235. The topological polar surface area (TPSA) is 52.6 Å². The molecule has 146 valence electrons. The molecule has 2 rings (SSSR count). The molecule has 0 aromatic heterocycles. The molecule has 0 aliphatic rings. The first-order chi connectivity index (χ1) is 12.4. The van der Waals surface area contributed by atoms with Gasteiger partial charge in [0, 0.05) is 19.3 Å². The Morgan fingerprint density at radius 3 is 2.07 bits per heavy atom. The van der Waals surface area contributed by atoms with Gasteiger partial charge in [0.1, 0.15) is 0 Å². The molecule has 0 heterocycles. The van der Waals surface area contributed by atoms with Gasteiger partial charge in [-0.3, -0.25) is 5.32 Å². The van der Waals surface area contributed by atoms with E-state index in [9.17, 15) is 31.1 Å². The fourth-order valence-electron chi connectivity index (χ4n) is 2.39. The Kier molecular flexibility index (Phi) is 5.57. The Labute approximate surface area is 150 Å². The first-order valence-electron chi connectivity index (χ1n) is 7.46. The highest BCUT2D eigenvalue weighted by Gasteiger charge is 2.34. The number of nitrogens with one attached hydrogen (secondary N) is 1. The van der Waals surface area contributed by atoms with Crippen molar-refractivity contribution < 1.29 is 36.2 Å². The van der Waals surface area contributed by atoms with Gasteiger partial charge in [-0.05, 0) is 35.9 Å². The number of rotatable bonds is 4. The van der Waals surface area contributed by atoms with Crippen LogP contribution in [0.4, 0.5) is 42.5 Å². The molecule has 0 atom stereocenters. The van der Waals surface area contributed by atoms with Gasteiger partial charge in [-0.1, -0.05) is 12.1 Å². The van der Waals surface area contributed by atoms with Gasteiger partial charge >= 0.3 is 18.4 Å². The van der Waals surface area contributed by atoms with Crippen molar-refractivity contribution in [3.8, 4) is 0 Å². The molecular formula is C17H14F6N2O2. The summed E-state index contributed by atoms with van der Waals surface area (Å²) < 4.78 is 77.2. The van der Waals surface area contributed by atoms with Crippen LogP contribution in [-0.2, 0) is 18.9 Å². The second kappa shape index (κ2) is 7.37. The van der Waals surface area contributed by atoms with Crippen LogP contribution in [0.5, 0.6) is 0 Å². The minimum Gasteiger partial charge on any atom is -0.465 e. The molecule has 0 fully saturated rings. The number of alkyl halides is 6. The number of halogens is 6. The molecule has 2 aromatic carbocycles. The third-order valence-corrected chi connectivity index (χ3v) is 3.69. The zero-order chi connectivity index (χ0) is 20.4. The largest absolute Gasteiger partial charge is 0.465 e. The van der Waals surface area contributed by atoms with Gasteiger partial charge in [-0.25, -0.2) is 4.79 Å². The second-order valence-corrected chi connectivity index (χ2v) is 5.71. The molecule has 27 heavy (non-hydrogen) atoms. The molecule has 10 heteroatoms. The van der Waals surface area contributed by atoms with Crippen LogP contribution in [0.2, 0.25) is 0 Å². The highest BCUT2D eigenvalue weighted by Crippen LogP contribution is 2.37. The normalized spacial score (nSPS) is 12.0. The van der Waals surface area contributed by atoms with E-state index in [-0.39, 0.29) is 12.2 Å². The molecule has 0 saturated heterocycles. The van der Waals surface area contributed by atoms with Crippen LogP contribution in [-0.4, -0.2) is 18.2 Å². The van der Waals surface area contributed by atoms with Crippen LogP contribution < -0.4 is 10.2 Å². The molecule has 0 saturated carbocycles. The first-order valence-corrected chi connectivity index (χ1v) is 7.46. The summed E-state index contributed by atoms with van der Waals surface area (Å²) in [5.74, 6) is 0. The maximum atomic E-state index is 13.2. The molecular weight excluding hydrogens is 378 g/mol. The predicted molar refractivity (Wildman–Crippen MR) is 86.6 cm³/mol. The lowest BCUT2D eigenvalue weighted by Gasteiger charge is -2.22. The number of nitrogens with zero attached hydrogens (tertiary/aromatic N) is 1. The molecule has 4 nitrogen and oxygen atoms in total. The van der Waals surface area contributed by atoms with Crippen LogP contribution in [0.15, 0.2) is 42.5 Å². The molecule has 0 unspecified atom stereocenters. The smallest absolute Gasteiger partial charge is 0.418 e. The van der Waals surface area contributed by atoms with E-state index in [2.05, 4.69) is 0 Å². The number of carboxylic acid groups (broad SMARTS) is 1. The highest BCUT2D eigenvalue weighted by molar-refractivity contribution is 5.84. The second-order valence-electron chi connectivity index (χ2n) is 5.71. The summed E-state index contributed by atoms with van der Waals surface area (Å²) in [4.78, 5) is 12.0. The van der Waals surface area contributed by atoms with E-state index in [0.29, 0.717) is 5.56 Å². The Balaban J connectivity index is 2.25. The number of hydrogen-bond donors (Lipinski definition) is 2. The summed E-state index contributed by atoms with van der Waals surface area (Å²) in [5, 5.41) is 10.3. The minimum absolute atomic E-state index is 0.0567. The number of hydrogen-bond acceptors (Lipinski definition) is 2. The van der Waals surface area contributed by atoms with Crippen molar-refractivity contribution in [2.45, 2.75) is 18.9 Å². The molecule has 0 aliphatic carbocycles. The van der Waals surface area contributed by atoms with Crippen LogP contribution in [0, 0.1) is 0 Å². The van der Waals surface area contributed by atoms with Crippen molar-refractivity contribution in [3.05, 3.63) is 59.2 Å². The third-order valence-electron chi connectivity index (χ3n) is 3.69.